The topological polar surface area (TPSA) is 58.4 Å². The Morgan fingerprint density at radius 2 is 2.11 bits per heavy atom. The Morgan fingerprint density at radius 3 is 2.68 bits per heavy atom. The maximum atomic E-state index is 9.04. The molecule has 0 radical (unpaired) electrons. The van der Waals surface area contributed by atoms with Crippen LogP contribution in [0.1, 0.15) is 18.2 Å². The monoisotopic (exact) mass is 263 g/mol. The maximum absolute atomic E-state index is 9.04. The summed E-state index contributed by atoms with van der Waals surface area (Å²) in [5.41, 5.74) is 1.45. The van der Waals surface area contributed by atoms with Crippen LogP contribution in [0.15, 0.2) is 12.1 Å². The van der Waals surface area contributed by atoms with E-state index in [2.05, 4.69) is 22.9 Å². The van der Waals surface area contributed by atoms with E-state index < -0.39 is 0 Å². The van der Waals surface area contributed by atoms with Crippen molar-refractivity contribution in [1.82, 2.24) is 4.98 Å². The number of methoxy groups -OCH3 is 2. The molecule has 0 saturated carbocycles. The molecule has 1 atom stereocenters. The van der Waals surface area contributed by atoms with E-state index in [1.54, 1.807) is 26.4 Å². The number of aryl methyl sites for hydroxylation is 1. The average molecular weight is 263 g/mol. The number of hydrogen-bond acceptors (Lipinski definition) is 5. The van der Waals surface area contributed by atoms with E-state index in [0.717, 1.165) is 11.5 Å². The molecule has 0 aliphatic rings. The predicted molar refractivity (Wildman–Crippen MR) is 74.2 cm³/mol. The van der Waals surface area contributed by atoms with Crippen molar-refractivity contribution in [3.05, 3.63) is 23.4 Å². The molecular weight excluding hydrogens is 242 g/mol. The highest BCUT2D eigenvalue weighted by molar-refractivity contribution is 5.47. The van der Waals surface area contributed by atoms with Gasteiger partial charge in [0.2, 0.25) is 0 Å². The van der Waals surface area contributed by atoms with Crippen LogP contribution in [-0.2, 0) is 9.47 Å². The van der Waals surface area contributed by atoms with Crippen molar-refractivity contribution in [1.29, 1.82) is 5.26 Å². The SMILES string of the molecule is COCCN(c1cc(C#N)cc(C)n1)C(C)COC. The molecule has 1 aromatic heterocycles. The van der Waals surface area contributed by atoms with Gasteiger partial charge in [0.05, 0.1) is 30.9 Å². The highest BCUT2D eigenvalue weighted by atomic mass is 16.5. The molecular formula is C14H21N3O2. The Balaban J connectivity index is 3.02. The second-order valence-corrected chi connectivity index (χ2v) is 4.46. The summed E-state index contributed by atoms with van der Waals surface area (Å²) in [6.45, 7) is 5.87. The lowest BCUT2D eigenvalue weighted by Crippen LogP contribution is -2.39. The van der Waals surface area contributed by atoms with Gasteiger partial charge in [-0.15, -0.1) is 0 Å². The number of rotatable bonds is 7. The summed E-state index contributed by atoms with van der Waals surface area (Å²) in [4.78, 5) is 6.60. The molecule has 1 aromatic rings. The van der Waals surface area contributed by atoms with E-state index in [0.29, 0.717) is 25.3 Å². The number of pyridine rings is 1. The van der Waals surface area contributed by atoms with E-state index in [1.165, 1.54) is 0 Å². The van der Waals surface area contributed by atoms with Crippen molar-refractivity contribution in [2.45, 2.75) is 19.9 Å². The normalized spacial score (nSPS) is 11.9. The van der Waals surface area contributed by atoms with Crippen LogP contribution < -0.4 is 4.90 Å². The van der Waals surface area contributed by atoms with Crippen LogP contribution in [0.4, 0.5) is 5.82 Å². The zero-order valence-electron chi connectivity index (χ0n) is 12.0. The summed E-state index contributed by atoms with van der Waals surface area (Å²) in [7, 11) is 3.35. The van der Waals surface area contributed by atoms with Gasteiger partial charge >= 0.3 is 0 Å². The molecule has 5 nitrogen and oxygen atoms in total. The van der Waals surface area contributed by atoms with Crippen molar-refractivity contribution >= 4 is 5.82 Å². The van der Waals surface area contributed by atoms with E-state index in [9.17, 15) is 0 Å². The summed E-state index contributed by atoms with van der Waals surface area (Å²) in [5.74, 6) is 0.790. The Bertz CT molecular complexity index is 443. The summed E-state index contributed by atoms with van der Waals surface area (Å²) < 4.78 is 10.3. The standard InChI is InChI=1S/C14H21N3O2/c1-11-7-13(9-15)8-14(16-11)17(5-6-18-3)12(2)10-19-4/h7-8,12H,5-6,10H2,1-4H3. The lowest BCUT2D eigenvalue weighted by molar-refractivity contribution is 0.170. The molecule has 1 heterocycles. The number of nitrogens with zero attached hydrogens (tertiary/aromatic N) is 3. The van der Waals surface area contributed by atoms with E-state index >= 15 is 0 Å². The van der Waals surface area contributed by atoms with Gasteiger partial charge in [0.1, 0.15) is 5.82 Å². The first-order chi connectivity index (χ1) is 9.12. The van der Waals surface area contributed by atoms with Crippen LogP contribution >= 0.6 is 0 Å². The van der Waals surface area contributed by atoms with Crippen LogP contribution in [-0.4, -0.2) is 45.0 Å². The third-order valence-electron chi connectivity index (χ3n) is 2.84. The summed E-state index contributed by atoms with van der Waals surface area (Å²) in [5, 5.41) is 9.04. The summed E-state index contributed by atoms with van der Waals surface area (Å²) in [6, 6.07) is 5.91. The number of aromatic nitrogens is 1. The van der Waals surface area contributed by atoms with Crippen LogP contribution in [0.2, 0.25) is 0 Å². The molecule has 1 unspecified atom stereocenters. The largest absolute Gasteiger partial charge is 0.383 e. The fraction of sp³-hybridized carbons (Fsp3) is 0.571. The Morgan fingerprint density at radius 1 is 1.37 bits per heavy atom. The Kier molecular flexibility index (Phi) is 6.26. The van der Waals surface area contributed by atoms with Crippen molar-refractivity contribution in [2.24, 2.45) is 0 Å². The van der Waals surface area contributed by atoms with Crippen molar-refractivity contribution in [3.8, 4) is 6.07 Å². The van der Waals surface area contributed by atoms with Crippen LogP contribution in [0.3, 0.4) is 0 Å². The first kappa shape index (κ1) is 15.4. The van der Waals surface area contributed by atoms with Crippen molar-refractivity contribution in [2.75, 3.05) is 38.9 Å². The van der Waals surface area contributed by atoms with Crippen molar-refractivity contribution in [3.63, 3.8) is 0 Å². The van der Waals surface area contributed by atoms with Gasteiger partial charge < -0.3 is 14.4 Å². The third-order valence-corrected chi connectivity index (χ3v) is 2.84. The van der Waals surface area contributed by atoms with Crippen LogP contribution in [0, 0.1) is 18.3 Å². The second-order valence-electron chi connectivity index (χ2n) is 4.46. The minimum Gasteiger partial charge on any atom is -0.383 e. The Hall–Kier alpha value is -1.64. The average Bonchev–Trinajstić information content (AvgIpc) is 2.39. The summed E-state index contributed by atoms with van der Waals surface area (Å²) in [6.07, 6.45) is 0. The van der Waals surface area contributed by atoms with Gasteiger partial charge in [-0.3, -0.25) is 0 Å². The molecule has 0 amide bonds. The quantitative estimate of drug-likeness (QED) is 0.750. The van der Waals surface area contributed by atoms with E-state index in [1.807, 2.05) is 6.92 Å². The number of hydrogen-bond donors (Lipinski definition) is 0. The number of anilines is 1. The molecule has 1 rings (SSSR count). The van der Waals surface area contributed by atoms with Gasteiger partial charge in [0.15, 0.2) is 0 Å². The fourth-order valence-electron chi connectivity index (χ4n) is 1.94. The third kappa shape index (κ3) is 4.51. The molecule has 0 fully saturated rings. The van der Waals surface area contributed by atoms with Crippen molar-refractivity contribution < 1.29 is 9.47 Å². The van der Waals surface area contributed by atoms with Gasteiger partial charge in [-0.2, -0.15) is 5.26 Å². The van der Waals surface area contributed by atoms with Crippen LogP contribution in [0.5, 0.6) is 0 Å². The lowest BCUT2D eigenvalue weighted by atomic mass is 10.2. The molecule has 0 aliphatic carbocycles. The maximum Gasteiger partial charge on any atom is 0.130 e. The minimum absolute atomic E-state index is 0.168. The lowest BCUT2D eigenvalue weighted by Gasteiger charge is -2.30. The fourth-order valence-corrected chi connectivity index (χ4v) is 1.94. The zero-order chi connectivity index (χ0) is 14.3. The molecule has 0 saturated heterocycles. The van der Waals surface area contributed by atoms with E-state index in [4.69, 9.17) is 14.7 Å². The van der Waals surface area contributed by atoms with Gasteiger partial charge in [-0.25, -0.2) is 4.98 Å². The van der Waals surface area contributed by atoms with Gasteiger partial charge in [-0.05, 0) is 26.0 Å². The summed E-state index contributed by atoms with van der Waals surface area (Å²) >= 11 is 0. The first-order valence-electron chi connectivity index (χ1n) is 6.25. The molecule has 0 aliphatic heterocycles. The molecule has 0 aromatic carbocycles. The van der Waals surface area contributed by atoms with Gasteiger partial charge in [0, 0.05) is 26.5 Å². The Labute approximate surface area is 114 Å². The number of nitriles is 1. The zero-order valence-corrected chi connectivity index (χ0v) is 12.0. The number of ether oxygens (including phenoxy) is 2. The molecule has 5 heteroatoms. The molecule has 104 valence electrons. The second kappa shape index (κ2) is 7.72. The molecule has 19 heavy (non-hydrogen) atoms. The highest BCUT2D eigenvalue weighted by Crippen LogP contribution is 2.17. The van der Waals surface area contributed by atoms with Crippen LogP contribution in [0.25, 0.3) is 0 Å². The molecule has 0 N–H and O–H groups in total. The smallest absolute Gasteiger partial charge is 0.130 e. The minimum atomic E-state index is 0.168. The molecule has 0 spiro atoms. The molecule has 0 bridgehead atoms. The highest BCUT2D eigenvalue weighted by Gasteiger charge is 2.16. The van der Waals surface area contributed by atoms with Gasteiger partial charge in [0.25, 0.3) is 0 Å². The first-order valence-corrected chi connectivity index (χ1v) is 6.25. The van der Waals surface area contributed by atoms with E-state index in [-0.39, 0.29) is 6.04 Å². The predicted octanol–water partition coefficient (Wildman–Crippen LogP) is 1.75. The van der Waals surface area contributed by atoms with Gasteiger partial charge in [-0.1, -0.05) is 0 Å².